The number of esters is 1. The molecule has 2 heterocycles. The number of nitrogens with zero attached hydrogens (tertiary/aromatic N) is 1. The average Bonchev–Trinajstić information content (AvgIpc) is 2.97. The molecule has 5 nitrogen and oxygen atoms in total. The molecule has 0 radical (unpaired) electrons. The lowest BCUT2D eigenvalue weighted by Crippen LogP contribution is -2.08. The Morgan fingerprint density at radius 1 is 1.11 bits per heavy atom. The molecule has 1 aromatic heterocycles. The Hall–Kier alpha value is -3.44. The van der Waals surface area contributed by atoms with Crippen LogP contribution in [-0.2, 0) is 0 Å². The Kier molecular flexibility index (Phi) is 4.44. The predicted octanol–water partition coefficient (Wildman–Crippen LogP) is 4.57. The highest BCUT2D eigenvalue weighted by Crippen LogP contribution is 2.35. The Morgan fingerprint density at radius 2 is 2.00 bits per heavy atom. The van der Waals surface area contributed by atoms with Gasteiger partial charge in [-0.3, -0.25) is 9.78 Å². The molecule has 27 heavy (non-hydrogen) atoms. The van der Waals surface area contributed by atoms with E-state index >= 15 is 0 Å². The third kappa shape index (κ3) is 3.59. The molecular weight excluding hydrogens is 366 g/mol. The van der Waals surface area contributed by atoms with Crippen LogP contribution in [0.5, 0.6) is 11.5 Å². The summed E-state index contributed by atoms with van der Waals surface area (Å²) in [5, 5.41) is 0.567. The fraction of sp³-hybridized carbons (Fsp3) is 0. The molecule has 0 saturated carbocycles. The number of hydrogen-bond acceptors (Lipinski definition) is 5. The van der Waals surface area contributed by atoms with Crippen LogP contribution in [0.1, 0.15) is 26.3 Å². The topological polar surface area (TPSA) is 65.5 Å². The number of hydrogen-bond donors (Lipinski definition) is 0. The standard InChI is InChI=1S/C21H12ClNO4/c22-15-5-1-3-13(9-15)10-19-20(24)17-7-6-16(11-18(17)27-19)26-21(25)14-4-2-8-23-12-14/h1-12H/b19-10-. The number of carbonyl (C=O) groups excluding carboxylic acids is 2. The normalized spacial score (nSPS) is 14.0. The number of ether oxygens (including phenoxy) is 2. The lowest BCUT2D eigenvalue weighted by Gasteiger charge is -2.05. The van der Waals surface area contributed by atoms with E-state index in [1.165, 1.54) is 12.3 Å². The molecule has 1 aliphatic heterocycles. The molecule has 0 amide bonds. The van der Waals surface area contributed by atoms with Gasteiger partial charge in [0.1, 0.15) is 11.5 Å². The maximum atomic E-state index is 12.5. The summed E-state index contributed by atoms with van der Waals surface area (Å²) in [6, 6.07) is 15.0. The second-order valence-electron chi connectivity index (χ2n) is 5.78. The Labute approximate surface area is 159 Å². The maximum Gasteiger partial charge on any atom is 0.345 e. The number of aromatic nitrogens is 1. The summed E-state index contributed by atoms with van der Waals surface area (Å²) in [5.41, 5.74) is 1.49. The molecule has 0 bridgehead atoms. The quantitative estimate of drug-likeness (QED) is 0.380. The van der Waals surface area contributed by atoms with E-state index in [0.29, 0.717) is 21.9 Å². The van der Waals surface area contributed by atoms with Crippen LogP contribution in [0, 0.1) is 0 Å². The minimum Gasteiger partial charge on any atom is -0.452 e. The van der Waals surface area contributed by atoms with Crippen molar-refractivity contribution in [1.82, 2.24) is 4.98 Å². The number of Topliss-reactive ketones (excluding diaryl/α,β-unsaturated/α-hetero) is 1. The Bertz CT molecular complexity index is 1080. The van der Waals surface area contributed by atoms with Crippen LogP contribution in [0.4, 0.5) is 0 Å². The van der Waals surface area contributed by atoms with Gasteiger partial charge in [0, 0.05) is 23.5 Å². The summed E-state index contributed by atoms with van der Waals surface area (Å²) in [6.07, 6.45) is 4.61. The van der Waals surface area contributed by atoms with Crippen molar-refractivity contribution in [2.24, 2.45) is 0 Å². The summed E-state index contributed by atoms with van der Waals surface area (Å²) in [4.78, 5) is 28.5. The van der Waals surface area contributed by atoms with Crippen LogP contribution in [0.15, 0.2) is 72.8 Å². The predicted molar refractivity (Wildman–Crippen MR) is 100 cm³/mol. The fourth-order valence-corrected chi connectivity index (χ4v) is 2.83. The molecule has 0 N–H and O–H groups in total. The van der Waals surface area contributed by atoms with Gasteiger partial charge in [0.05, 0.1) is 11.1 Å². The van der Waals surface area contributed by atoms with Gasteiger partial charge in [-0.1, -0.05) is 23.7 Å². The maximum absolute atomic E-state index is 12.5. The molecule has 0 spiro atoms. The first-order chi connectivity index (χ1) is 13.1. The third-order valence-electron chi connectivity index (χ3n) is 3.90. The summed E-state index contributed by atoms with van der Waals surface area (Å²) < 4.78 is 11.0. The zero-order chi connectivity index (χ0) is 18.8. The summed E-state index contributed by atoms with van der Waals surface area (Å²) in [5.74, 6) is 0.0179. The number of rotatable bonds is 3. The molecule has 4 rings (SSSR count). The highest BCUT2D eigenvalue weighted by Gasteiger charge is 2.28. The van der Waals surface area contributed by atoms with E-state index in [1.54, 1.807) is 54.7 Å². The van der Waals surface area contributed by atoms with Crippen LogP contribution in [0.3, 0.4) is 0 Å². The van der Waals surface area contributed by atoms with Crippen LogP contribution in [0.25, 0.3) is 6.08 Å². The van der Waals surface area contributed by atoms with E-state index in [-0.39, 0.29) is 17.3 Å². The number of halogens is 1. The van der Waals surface area contributed by atoms with Gasteiger partial charge in [-0.2, -0.15) is 0 Å². The smallest absolute Gasteiger partial charge is 0.345 e. The minimum absolute atomic E-state index is 0.183. The highest BCUT2D eigenvalue weighted by atomic mass is 35.5. The third-order valence-corrected chi connectivity index (χ3v) is 4.13. The van der Waals surface area contributed by atoms with Crippen LogP contribution in [-0.4, -0.2) is 16.7 Å². The van der Waals surface area contributed by atoms with Crippen molar-refractivity contribution in [2.75, 3.05) is 0 Å². The van der Waals surface area contributed by atoms with Gasteiger partial charge < -0.3 is 9.47 Å². The lowest BCUT2D eigenvalue weighted by molar-refractivity contribution is 0.0734. The number of allylic oxidation sites excluding steroid dienone is 1. The molecule has 0 aliphatic carbocycles. The van der Waals surface area contributed by atoms with Crippen molar-refractivity contribution >= 4 is 29.4 Å². The summed E-state index contributed by atoms with van der Waals surface area (Å²) in [7, 11) is 0. The number of pyridine rings is 1. The van der Waals surface area contributed by atoms with Gasteiger partial charge in [-0.15, -0.1) is 0 Å². The highest BCUT2D eigenvalue weighted by molar-refractivity contribution is 6.30. The molecule has 6 heteroatoms. The molecule has 0 fully saturated rings. The van der Waals surface area contributed by atoms with Gasteiger partial charge in [-0.25, -0.2) is 4.79 Å². The fourth-order valence-electron chi connectivity index (χ4n) is 2.63. The van der Waals surface area contributed by atoms with E-state index in [9.17, 15) is 9.59 Å². The number of ketones is 1. The zero-order valence-electron chi connectivity index (χ0n) is 13.9. The number of carbonyl (C=O) groups is 2. The van der Waals surface area contributed by atoms with Crippen LogP contribution < -0.4 is 9.47 Å². The van der Waals surface area contributed by atoms with Gasteiger partial charge in [0.25, 0.3) is 0 Å². The van der Waals surface area contributed by atoms with E-state index in [2.05, 4.69) is 4.98 Å². The van der Waals surface area contributed by atoms with Crippen molar-refractivity contribution in [3.8, 4) is 11.5 Å². The molecule has 2 aromatic carbocycles. The number of fused-ring (bicyclic) bond motifs is 1. The minimum atomic E-state index is -0.540. The first-order valence-electron chi connectivity index (χ1n) is 8.06. The van der Waals surface area contributed by atoms with E-state index < -0.39 is 5.97 Å². The van der Waals surface area contributed by atoms with Crippen molar-refractivity contribution in [3.05, 3.63) is 94.5 Å². The van der Waals surface area contributed by atoms with E-state index in [0.717, 1.165) is 5.56 Å². The van der Waals surface area contributed by atoms with Crippen LogP contribution in [0.2, 0.25) is 5.02 Å². The van der Waals surface area contributed by atoms with Gasteiger partial charge in [0.2, 0.25) is 5.78 Å². The van der Waals surface area contributed by atoms with E-state index in [1.807, 2.05) is 6.07 Å². The Balaban J connectivity index is 1.57. The molecule has 0 unspecified atom stereocenters. The van der Waals surface area contributed by atoms with Crippen molar-refractivity contribution in [2.45, 2.75) is 0 Å². The van der Waals surface area contributed by atoms with Crippen molar-refractivity contribution in [1.29, 1.82) is 0 Å². The zero-order valence-corrected chi connectivity index (χ0v) is 14.6. The first-order valence-corrected chi connectivity index (χ1v) is 8.44. The van der Waals surface area contributed by atoms with E-state index in [4.69, 9.17) is 21.1 Å². The second-order valence-corrected chi connectivity index (χ2v) is 6.22. The van der Waals surface area contributed by atoms with Gasteiger partial charge in [-0.05, 0) is 48.0 Å². The largest absolute Gasteiger partial charge is 0.452 e. The molecule has 1 aliphatic rings. The molecular formula is C21H12ClNO4. The molecule has 3 aromatic rings. The second kappa shape index (κ2) is 7.05. The molecule has 132 valence electrons. The van der Waals surface area contributed by atoms with Gasteiger partial charge in [0.15, 0.2) is 5.76 Å². The monoisotopic (exact) mass is 377 g/mol. The summed E-state index contributed by atoms with van der Waals surface area (Å²) >= 11 is 5.97. The summed E-state index contributed by atoms with van der Waals surface area (Å²) in [6.45, 7) is 0. The average molecular weight is 378 g/mol. The van der Waals surface area contributed by atoms with Crippen LogP contribution >= 0.6 is 11.6 Å². The van der Waals surface area contributed by atoms with Crippen molar-refractivity contribution in [3.63, 3.8) is 0 Å². The number of benzene rings is 2. The molecule has 0 saturated heterocycles. The Morgan fingerprint density at radius 3 is 2.78 bits per heavy atom. The first kappa shape index (κ1) is 17.0. The van der Waals surface area contributed by atoms with Crippen molar-refractivity contribution < 1.29 is 19.1 Å². The SMILES string of the molecule is O=C(Oc1ccc2c(c1)O/C(=C\c1cccc(Cl)c1)C2=O)c1cccnc1. The lowest BCUT2D eigenvalue weighted by atomic mass is 10.1. The van der Waals surface area contributed by atoms with Gasteiger partial charge >= 0.3 is 5.97 Å². The molecule has 0 atom stereocenters.